The first kappa shape index (κ1) is 14.6. The molecule has 0 aromatic heterocycles. The highest BCUT2D eigenvalue weighted by Crippen LogP contribution is 2.44. The molecule has 4 heteroatoms. The van der Waals surface area contributed by atoms with E-state index in [2.05, 4.69) is 0 Å². The molecule has 17 heavy (non-hydrogen) atoms. The topological polar surface area (TPSA) is 80.9 Å². The van der Waals surface area contributed by atoms with Crippen molar-refractivity contribution in [2.24, 2.45) is 17.3 Å². The van der Waals surface area contributed by atoms with Crippen molar-refractivity contribution in [1.82, 2.24) is 0 Å². The molecule has 0 aliphatic heterocycles. The van der Waals surface area contributed by atoms with Gasteiger partial charge >= 0.3 is 0 Å². The van der Waals surface area contributed by atoms with Gasteiger partial charge in [0.2, 0.25) is 0 Å². The van der Waals surface area contributed by atoms with Crippen molar-refractivity contribution < 1.29 is 20.4 Å². The van der Waals surface area contributed by atoms with Gasteiger partial charge in [0.05, 0.1) is 18.3 Å². The molecule has 1 aliphatic rings. The molecule has 0 radical (unpaired) electrons. The van der Waals surface area contributed by atoms with Crippen LogP contribution in [0.1, 0.15) is 27.2 Å². The maximum Gasteiger partial charge on any atom is 0.0855 e. The minimum atomic E-state index is -0.906. The van der Waals surface area contributed by atoms with Crippen molar-refractivity contribution in [2.45, 2.75) is 45.5 Å². The standard InChI is InChI=1S/C13H24O4/c1-8(15)4-5-10-9(7-14)12(17)11(16)6-13(10,2)3/h4-5,8-12,14-17H,6-7H2,1-3H3/b5-4+/t8-,9+,10?,11+,12-/m1/s1. The maximum absolute atomic E-state index is 9.90. The van der Waals surface area contributed by atoms with Gasteiger partial charge in [-0.1, -0.05) is 26.0 Å². The molecule has 4 N–H and O–H groups in total. The summed E-state index contributed by atoms with van der Waals surface area (Å²) in [6.07, 6.45) is 1.75. The Morgan fingerprint density at radius 3 is 2.41 bits per heavy atom. The molecule has 0 bridgehead atoms. The summed E-state index contributed by atoms with van der Waals surface area (Å²) in [5.41, 5.74) is -0.211. The third-order valence-corrected chi connectivity index (χ3v) is 3.74. The quantitative estimate of drug-likeness (QED) is 0.538. The van der Waals surface area contributed by atoms with Gasteiger partial charge in [-0.25, -0.2) is 0 Å². The first-order valence-electron chi connectivity index (χ1n) is 6.13. The van der Waals surface area contributed by atoms with Crippen LogP contribution in [0.4, 0.5) is 0 Å². The molecular formula is C13H24O4. The van der Waals surface area contributed by atoms with Gasteiger partial charge in [-0.2, -0.15) is 0 Å². The average molecular weight is 244 g/mol. The normalized spacial score (nSPS) is 39.5. The highest BCUT2D eigenvalue weighted by atomic mass is 16.3. The van der Waals surface area contributed by atoms with Gasteiger partial charge in [-0.05, 0) is 24.7 Å². The fourth-order valence-corrected chi connectivity index (χ4v) is 2.78. The minimum absolute atomic E-state index is 0.0551. The van der Waals surface area contributed by atoms with Crippen molar-refractivity contribution in [1.29, 1.82) is 0 Å². The summed E-state index contributed by atoms with van der Waals surface area (Å²) in [7, 11) is 0. The Morgan fingerprint density at radius 2 is 1.94 bits per heavy atom. The molecule has 1 unspecified atom stereocenters. The molecular weight excluding hydrogens is 220 g/mol. The fourth-order valence-electron chi connectivity index (χ4n) is 2.78. The zero-order valence-electron chi connectivity index (χ0n) is 10.7. The van der Waals surface area contributed by atoms with Crippen LogP contribution in [0.15, 0.2) is 12.2 Å². The van der Waals surface area contributed by atoms with Gasteiger partial charge in [0.1, 0.15) is 0 Å². The average Bonchev–Trinajstić information content (AvgIpc) is 2.20. The van der Waals surface area contributed by atoms with Gasteiger partial charge in [0, 0.05) is 12.5 Å². The second-order valence-corrected chi connectivity index (χ2v) is 5.75. The third-order valence-electron chi connectivity index (χ3n) is 3.74. The van der Waals surface area contributed by atoms with E-state index < -0.39 is 18.3 Å². The second-order valence-electron chi connectivity index (χ2n) is 5.75. The lowest BCUT2D eigenvalue weighted by molar-refractivity contribution is -0.115. The minimum Gasteiger partial charge on any atom is -0.396 e. The molecule has 1 aliphatic carbocycles. The number of hydrogen-bond acceptors (Lipinski definition) is 4. The predicted molar refractivity (Wildman–Crippen MR) is 65.3 cm³/mol. The van der Waals surface area contributed by atoms with Crippen LogP contribution in [0.25, 0.3) is 0 Å². The van der Waals surface area contributed by atoms with Crippen LogP contribution in [0.2, 0.25) is 0 Å². The molecule has 0 heterocycles. The monoisotopic (exact) mass is 244 g/mol. The van der Waals surface area contributed by atoms with Crippen molar-refractivity contribution in [3.8, 4) is 0 Å². The van der Waals surface area contributed by atoms with E-state index in [1.165, 1.54) is 0 Å². The highest BCUT2D eigenvalue weighted by molar-refractivity contribution is 5.06. The predicted octanol–water partition coefficient (Wildman–Crippen LogP) is 0.300. The molecule has 4 nitrogen and oxygen atoms in total. The van der Waals surface area contributed by atoms with Gasteiger partial charge in [-0.3, -0.25) is 0 Å². The summed E-state index contributed by atoms with van der Waals surface area (Å²) in [6, 6.07) is 0. The van der Waals surface area contributed by atoms with Crippen LogP contribution in [0.5, 0.6) is 0 Å². The van der Waals surface area contributed by atoms with Crippen molar-refractivity contribution in [3.63, 3.8) is 0 Å². The molecule has 1 rings (SSSR count). The van der Waals surface area contributed by atoms with Gasteiger partial charge in [0.15, 0.2) is 0 Å². The molecule has 0 spiro atoms. The van der Waals surface area contributed by atoms with E-state index in [1.54, 1.807) is 13.0 Å². The molecule has 100 valence electrons. The zero-order valence-corrected chi connectivity index (χ0v) is 10.7. The van der Waals surface area contributed by atoms with Crippen LogP contribution in [-0.2, 0) is 0 Å². The van der Waals surface area contributed by atoms with E-state index in [1.807, 2.05) is 19.9 Å². The van der Waals surface area contributed by atoms with Gasteiger partial charge in [0.25, 0.3) is 0 Å². The van der Waals surface area contributed by atoms with E-state index in [9.17, 15) is 20.4 Å². The summed E-state index contributed by atoms with van der Waals surface area (Å²) >= 11 is 0. The Balaban J connectivity index is 2.94. The van der Waals surface area contributed by atoms with Crippen molar-refractivity contribution >= 4 is 0 Å². The number of hydrogen-bond donors (Lipinski definition) is 4. The van der Waals surface area contributed by atoms with E-state index in [0.29, 0.717) is 6.42 Å². The third kappa shape index (κ3) is 3.28. The number of rotatable bonds is 3. The van der Waals surface area contributed by atoms with E-state index in [0.717, 1.165) is 0 Å². The van der Waals surface area contributed by atoms with Crippen LogP contribution in [0.3, 0.4) is 0 Å². The lowest BCUT2D eigenvalue weighted by Gasteiger charge is -2.47. The zero-order chi connectivity index (χ0) is 13.2. The molecule has 1 saturated carbocycles. The van der Waals surface area contributed by atoms with Crippen LogP contribution < -0.4 is 0 Å². The molecule has 1 fully saturated rings. The van der Waals surface area contributed by atoms with Gasteiger partial charge < -0.3 is 20.4 Å². The fraction of sp³-hybridized carbons (Fsp3) is 0.846. The summed E-state index contributed by atoms with van der Waals surface area (Å²) < 4.78 is 0. The van der Waals surface area contributed by atoms with Gasteiger partial charge in [-0.15, -0.1) is 0 Å². The Labute approximate surface area is 103 Å². The molecule has 5 atom stereocenters. The van der Waals surface area contributed by atoms with Crippen molar-refractivity contribution in [3.05, 3.63) is 12.2 Å². The smallest absolute Gasteiger partial charge is 0.0855 e. The Bertz CT molecular complexity index is 273. The maximum atomic E-state index is 9.90. The van der Waals surface area contributed by atoms with Crippen LogP contribution >= 0.6 is 0 Å². The lowest BCUT2D eigenvalue weighted by atomic mass is 9.61. The van der Waals surface area contributed by atoms with Crippen LogP contribution in [0, 0.1) is 17.3 Å². The van der Waals surface area contributed by atoms with Crippen LogP contribution in [-0.4, -0.2) is 45.3 Å². The summed E-state index contributed by atoms with van der Waals surface area (Å²) in [4.78, 5) is 0. The summed E-state index contributed by atoms with van der Waals surface area (Å²) in [5, 5.41) is 38.3. The Kier molecular flexibility index (Phi) is 4.72. The second kappa shape index (κ2) is 5.48. The van der Waals surface area contributed by atoms with Crippen molar-refractivity contribution in [2.75, 3.05) is 6.61 Å². The SMILES string of the molecule is C[C@@H](O)/C=C/C1[C@H](CO)[C@@H](O)[C@@H](O)CC1(C)C. The van der Waals surface area contributed by atoms with E-state index in [-0.39, 0.29) is 23.9 Å². The molecule has 0 saturated heterocycles. The lowest BCUT2D eigenvalue weighted by Crippen LogP contribution is -2.51. The Morgan fingerprint density at radius 1 is 1.35 bits per heavy atom. The molecule has 0 aromatic rings. The van der Waals surface area contributed by atoms with E-state index in [4.69, 9.17) is 0 Å². The summed E-state index contributed by atoms with van der Waals surface area (Å²) in [5.74, 6) is -0.441. The Hall–Kier alpha value is -0.420. The number of allylic oxidation sites excluding steroid dienone is 1. The molecule has 0 aromatic carbocycles. The number of aliphatic hydroxyl groups is 4. The first-order chi connectivity index (χ1) is 7.79. The molecule has 0 amide bonds. The summed E-state index contributed by atoms with van der Waals surface area (Å²) in [6.45, 7) is 5.49. The van der Waals surface area contributed by atoms with E-state index >= 15 is 0 Å². The largest absolute Gasteiger partial charge is 0.396 e. The number of aliphatic hydroxyl groups excluding tert-OH is 4. The first-order valence-corrected chi connectivity index (χ1v) is 6.13. The highest BCUT2D eigenvalue weighted by Gasteiger charge is 2.46.